The predicted octanol–water partition coefficient (Wildman–Crippen LogP) is 5.93. The molecule has 136 valence electrons. The molecule has 3 aromatic rings. The van der Waals surface area contributed by atoms with Gasteiger partial charge in [0.1, 0.15) is 5.75 Å². The summed E-state index contributed by atoms with van der Waals surface area (Å²) >= 11 is 0. The number of para-hydroxylation sites is 1. The van der Waals surface area contributed by atoms with Crippen LogP contribution in [0.1, 0.15) is 33.6 Å². The fourth-order valence-electron chi connectivity index (χ4n) is 3.17. The maximum atomic E-state index is 6.07. The first-order chi connectivity index (χ1) is 12.8. The van der Waals surface area contributed by atoms with Crippen molar-refractivity contribution in [1.82, 2.24) is 4.98 Å². The first kappa shape index (κ1) is 18.2. The van der Waals surface area contributed by atoms with Crippen molar-refractivity contribution in [3.63, 3.8) is 0 Å². The van der Waals surface area contributed by atoms with Gasteiger partial charge in [-0.1, -0.05) is 37.6 Å². The predicted molar refractivity (Wildman–Crippen MR) is 111 cm³/mol. The van der Waals surface area contributed by atoms with Crippen molar-refractivity contribution in [3.05, 3.63) is 54.6 Å². The average Bonchev–Trinajstić information content (AvgIpc) is 2.69. The highest BCUT2D eigenvalue weighted by atomic mass is 16.5. The fourth-order valence-corrected chi connectivity index (χ4v) is 3.17. The molecule has 0 bridgehead atoms. The van der Waals surface area contributed by atoms with Crippen LogP contribution in [0.15, 0.2) is 54.6 Å². The quantitative estimate of drug-likeness (QED) is 0.472. The average molecular weight is 348 g/mol. The Hall–Kier alpha value is -2.55. The number of hydrogen-bond donors (Lipinski definition) is 0. The lowest BCUT2D eigenvalue weighted by atomic mass is 10.1. The highest BCUT2D eigenvalue weighted by Gasteiger charge is 2.09. The third kappa shape index (κ3) is 3.98. The second-order valence-corrected chi connectivity index (χ2v) is 6.44. The molecule has 0 aliphatic carbocycles. The molecule has 0 saturated carbocycles. The van der Waals surface area contributed by atoms with Crippen molar-refractivity contribution >= 4 is 16.6 Å². The summed E-state index contributed by atoms with van der Waals surface area (Å²) in [6.45, 7) is 9.31. The smallest absolute Gasteiger partial charge is 0.130 e. The van der Waals surface area contributed by atoms with Gasteiger partial charge in [-0.15, -0.1) is 0 Å². The molecule has 2 aromatic carbocycles. The molecular formula is C23H28N2O. The van der Waals surface area contributed by atoms with Crippen molar-refractivity contribution < 1.29 is 4.74 Å². The Balaban J connectivity index is 1.96. The Morgan fingerprint density at radius 3 is 2.35 bits per heavy atom. The molecule has 0 fully saturated rings. The van der Waals surface area contributed by atoms with Gasteiger partial charge in [0.2, 0.25) is 0 Å². The van der Waals surface area contributed by atoms with Gasteiger partial charge in [0.05, 0.1) is 17.8 Å². The number of fused-ring (bicyclic) bond motifs is 1. The molecule has 0 amide bonds. The van der Waals surface area contributed by atoms with E-state index >= 15 is 0 Å². The number of aromatic nitrogens is 1. The summed E-state index contributed by atoms with van der Waals surface area (Å²) in [6.07, 6.45) is 2.19. The van der Waals surface area contributed by atoms with E-state index < -0.39 is 0 Å². The van der Waals surface area contributed by atoms with Crippen LogP contribution in [-0.2, 0) is 0 Å². The summed E-state index contributed by atoms with van der Waals surface area (Å²) in [5.41, 5.74) is 4.30. The zero-order valence-electron chi connectivity index (χ0n) is 16.0. The van der Waals surface area contributed by atoms with E-state index in [1.165, 1.54) is 5.69 Å². The van der Waals surface area contributed by atoms with Gasteiger partial charge in [0.15, 0.2) is 0 Å². The number of hydrogen-bond acceptors (Lipinski definition) is 3. The van der Waals surface area contributed by atoms with E-state index in [0.717, 1.165) is 60.4 Å². The Bertz CT molecular complexity index is 838. The lowest BCUT2D eigenvalue weighted by Crippen LogP contribution is -2.21. The molecule has 0 aliphatic rings. The van der Waals surface area contributed by atoms with Gasteiger partial charge in [-0.25, -0.2) is 4.98 Å². The van der Waals surface area contributed by atoms with E-state index in [1.54, 1.807) is 0 Å². The maximum Gasteiger partial charge on any atom is 0.130 e. The maximum absolute atomic E-state index is 6.07. The number of anilines is 1. The van der Waals surface area contributed by atoms with Gasteiger partial charge >= 0.3 is 0 Å². The SMILES string of the molecule is CCCCOc1cc(-c2ccc(N(CC)CC)cc2)nc2ccccc12. The minimum absolute atomic E-state index is 0.741. The zero-order valence-corrected chi connectivity index (χ0v) is 16.0. The van der Waals surface area contributed by atoms with Crippen LogP contribution in [0.4, 0.5) is 5.69 Å². The molecular weight excluding hydrogens is 320 g/mol. The third-order valence-electron chi connectivity index (χ3n) is 4.73. The van der Waals surface area contributed by atoms with Crippen molar-refractivity contribution in [2.45, 2.75) is 33.6 Å². The Kier molecular flexibility index (Phi) is 6.11. The number of rotatable bonds is 8. The standard InChI is InChI=1S/C23H28N2O/c1-4-7-16-26-23-17-22(24-21-11-9-8-10-20(21)23)18-12-14-19(15-13-18)25(5-2)6-3/h8-15,17H,4-7,16H2,1-3H3. The van der Waals surface area contributed by atoms with Gasteiger partial charge in [0, 0.05) is 35.8 Å². The second-order valence-electron chi connectivity index (χ2n) is 6.44. The number of benzene rings is 2. The normalized spacial score (nSPS) is 10.9. The fraction of sp³-hybridized carbons (Fsp3) is 0.348. The van der Waals surface area contributed by atoms with Crippen LogP contribution in [0.25, 0.3) is 22.2 Å². The number of unbranched alkanes of at least 4 members (excludes halogenated alkanes) is 1. The van der Waals surface area contributed by atoms with Crippen molar-refractivity contribution in [1.29, 1.82) is 0 Å². The molecule has 0 saturated heterocycles. The summed E-state index contributed by atoms with van der Waals surface area (Å²) in [6, 6.07) is 18.9. The molecule has 1 heterocycles. The molecule has 3 rings (SSSR count). The van der Waals surface area contributed by atoms with Crippen LogP contribution in [-0.4, -0.2) is 24.7 Å². The largest absolute Gasteiger partial charge is 0.493 e. The van der Waals surface area contributed by atoms with Crippen LogP contribution in [0, 0.1) is 0 Å². The van der Waals surface area contributed by atoms with Crippen LogP contribution < -0.4 is 9.64 Å². The van der Waals surface area contributed by atoms with E-state index in [1.807, 2.05) is 12.1 Å². The van der Waals surface area contributed by atoms with E-state index in [4.69, 9.17) is 9.72 Å². The molecule has 0 spiro atoms. The van der Waals surface area contributed by atoms with Gasteiger partial charge in [0.25, 0.3) is 0 Å². The first-order valence-corrected chi connectivity index (χ1v) is 9.64. The highest BCUT2D eigenvalue weighted by molar-refractivity contribution is 5.88. The molecule has 1 aromatic heterocycles. The molecule has 0 unspecified atom stereocenters. The highest BCUT2D eigenvalue weighted by Crippen LogP contribution is 2.31. The molecule has 0 aliphatic heterocycles. The second kappa shape index (κ2) is 8.70. The van der Waals surface area contributed by atoms with Gasteiger partial charge in [-0.2, -0.15) is 0 Å². The monoisotopic (exact) mass is 348 g/mol. The van der Waals surface area contributed by atoms with Crippen LogP contribution in [0.5, 0.6) is 5.75 Å². The van der Waals surface area contributed by atoms with Crippen LogP contribution >= 0.6 is 0 Å². The molecule has 26 heavy (non-hydrogen) atoms. The van der Waals surface area contributed by atoms with Gasteiger partial charge in [-0.3, -0.25) is 0 Å². The number of nitrogens with zero attached hydrogens (tertiary/aromatic N) is 2. The van der Waals surface area contributed by atoms with E-state index in [0.29, 0.717) is 0 Å². The van der Waals surface area contributed by atoms with Crippen LogP contribution in [0.3, 0.4) is 0 Å². The van der Waals surface area contributed by atoms with Crippen LogP contribution in [0.2, 0.25) is 0 Å². The van der Waals surface area contributed by atoms with E-state index in [-0.39, 0.29) is 0 Å². The lowest BCUT2D eigenvalue weighted by molar-refractivity contribution is 0.313. The van der Waals surface area contributed by atoms with Crippen molar-refractivity contribution in [3.8, 4) is 17.0 Å². The Morgan fingerprint density at radius 2 is 1.65 bits per heavy atom. The van der Waals surface area contributed by atoms with E-state index in [9.17, 15) is 0 Å². The molecule has 0 N–H and O–H groups in total. The Morgan fingerprint density at radius 1 is 0.923 bits per heavy atom. The number of ether oxygens (including phenoxy) is 1. The number of pyridine rings is 1. The lowest BCUT2D eigenvalue weighted by Gasteiger charge is -2.21. The Labute approximate surface area is 156 Å². The van der Waals surface area contributed by atoms with Gasteiger partial charge < -0.3 is 9.64 Å². The summed E-state index contributed by atoms with van der Waals surface area (Å²) < 4.78 is 6.07. The van der Waals surface area contributed by atoms with Gasteiger partial charge in [-0.05, 0) is 44.5 Å². The summed E-state index contributed by atoms with van der Waals surface area (Å²) in [7, 11) is 0. The topological polar surface area (TPSA) is 25.4 Å². The van der Waals surface area contributed by atoms with E-state index in [2.05, 4.69) is 68.1 Å². The first-order valence-electron chi connectivity index (χ1n) is 9.64. The van der Waals surface area contributed by atoms with Crippen molar-refractivity contribution in [2.75, 3.05) is 24.6 Å². The molecule has 0 atom stereocenters. The zero-order chi connectivity index (χ0) is 18.4. The van der Waals surface area contributed by atoms with Crippen molar-refractivity contribution in [2.24, 2.45) is 0 Å². The minimum atomic E-state index is 0.741. The molecule has 3 heteroatoms. The summed E-state index contributed by atoms with van der Waals surface area (Å²) in [5, 5.41) is 1.08. The summed E-state index contributed by atoms with van der Waals surface area (Å²) in [4.78, 5) is 7.20. The molecule has 0 radical (unpaired) electrons. The third-order valence-corrected chi connectivity index (χ3v) is 4.73. The summed E-state index contributed by atoms with van der Waals surface area (Å²) in [5.74, 6) is 0.923. The molecule has 3 nitrogen and oxygen atoms in total. The minimum Gasteiger partial charge on any atom is -0.493 e.